The van der Waals surface area contributed by atoms with Crippen molar-refractivity contribution in [1.82, 2.24) is 0 Å². The van der Waals surface area contributed by atoms with E-state index in [1.165, 1.54) is 38.5 Å². The number of aliphatic carboxylic acids is 1. The molecule has 3 fully saturated rings. The number of unbranched alkanes of at least 4 members (excludes halogenated alkanes) is 1. The summed E-state index contributed by atoms with van der Waals surface area (Å²) in [5, 5.41) is 19.1. The number of thioether (sulfide) groups is 1. The molecule has 1 saturated carbocycles. The van der Waals surface area contributed by atoms with Crippen LogP contribution in [0.1, 0.15) is 77.0 Å². The molecule has 4 nitrogen and oxygen atoms in total. The molecule has 2 heterocycles. The Morgan fingerprint density at radius 2 is 1.89 bits per heavy atom. The molecule has 2 saturated heterocycles. The van der Waals surface area contributed by atoms with Crippen molar-refractivity contribution in [3.63, 3.8) is 0 Å². The zero-order chi connectivity index (χ0) is 19.8. The van der Waals surface area contributed by atoms with E-state index in [-0.39, 0.29) is 12.5 Å². The summed E-state index contributed by atoms with van der Waals surface area (Å²) >= 11 is 1.94. The van der Waals surface area contributed by atoms with Crippen molar-refractivity contribution in [1.29, 1.82) is 0 Å². The molecule has 1 unspecified atom stereocenters. The highest BCUT2D eigenvalue weighted by Crippen LogP contribution is 2.45. The lowest BCUT2D eigenvalue weighted by Gasteiger charge is -2.26. The number of aliphatic hydroxyl groups is 1. The summed E-state index contributed by atoms with van der Waals surface area (Å²) in [4.78, 5) is 10.6. The number of carboxylic acids is 1. The normalized spacial score (nSPS) is 31.6. The van der Waals surface area contributed by atoms with Gasteiger partial charge in [0.05, 0.1) is 18.3 Å². The molecule has 160 valence electrons. The van der Waals surface area contributed by atoms with Gasteiger partial charge >= 0.3 is 5.97 Å². The average molecular weight is 411 g/mol. The fourth-order valence-electron chi connectivity index (χ4n) is 5.23. The molecule has 0 amide bonds. The molecule has 0 aromatic heterocycles. The monoisotopic (exact) mass is 410 g/mol. The first-order chi connectivity index (χ1) is 13.6. The van der Waals surface area contributed by atoms with Gasteiger partial charge in [-0.05, 0) is 55.9 Å². The standard InChI is InChI=1S/C23H38O4S/c24-18(10-9-17-6-2-1-3-7-17)11-12-19-20(22-14-13-21(19)27-22)16-28-15-5-4-8-23(25)26/h11-12,17-22,24H,1-10,13-16H2,(H,25,26)/b12-11+/t18?,19-,20+,21-,22+/m0/s1. The second kappa shape index (κ2) is 11.6. The van der Waals surface area contributed by atoms with E-state index in [9.17, 15) is 9.90 Å². The predicted octanol–water partition coefficient (Wildman–Crippen LogP) is 5.05. The van der Waals surface area contributed by atoms with Gasteiger partial charge in [-0.15, -0.1) is 0 Å². The lowest BCUT2D eigenvalue weighted by molar-refractivity contribution is -0.137. The van der Waals surface area contributed by atoms with Gasteiger partial charge in [0.25, 0.3) is 0 Å². The quantitative estimate of drug-likeness (QED) is 0.348. The van der Waals surface area contributed by atoms with Gasteiger partial charge in [-0.2, -0.15) is 11.8 Å². The van der Waals surface area contributed by atoms with Gasteiger partial charge < -0.3 is 14.9 Å². The van der Waals surface area contributed by atoms with Crippen LogP contribution in [0.2, 0.25) is 0 Å². The van der Waals surface area contributed by atoms with Crippen molar-refractivity contribution in [2.24, 2.45) is 17.8 Å². The molecule has 0 spiro atoms. The van der Waals surface area contributed by atoms with Gasteiger partial charge in [-0.3, -0.25) is 4.79 Å². The molecule has 5 heteroatoms. The Hall–Kier alpha value is -0.520. The van der Waals surface area contributed by atoms with Crippen molar-refractivity contribution in [3.05, 3.63) is 12.2 Å². The molecule has 1 aliphatic carbocycles. The molecule has 0 aromatic carbocycles. The van der Waals surface area contributed by atoms with E-state index in [2.05, 4.69) is 6.08 Å². The van der Waals surface area contributed by atoms with Crippen LogP contribution >= 0.6 is 11.8 Å². The van der Waals surface area contributed by atoms with Gasteiger partial charge in [0.15, 0.2) is 0 Å². The Kier molecular flexibility index (Phi) is 9.19. The second-order valence-corrected chi connectivity index (χ2v) is 10.1. The Bertz CT molecular complexity index is 503. The highest BCUT2D eigenvalue weighted by molar-refractivity contribution is 7.99. The third kappa shape index (κ3) is 6.77. The van der Waals surface area contributed by atoms with Crippen molar-refractivity contribution in [3.8, 4) is 0 Å². The lowest BCUT2D eigenvalue weighted by Crippen LogP contribution is -2.28. The van der Waals surface area contributed by atoms with Gasteiger partial charge in [0.1, 0.15) is 0 Å². The van der Waals surface area contributed by atoms with Crippen LogP contribution in [0.15, 0.2) is 12.2 Å². The minimum atomic E-state index is -0.696. The first-order valence-electron chi connectivity index (χ1n) is 11.4. The highest BCUT2D eigenvalue weighted by Gasteiger charge is 2.47. The van der Waals surface area contributed by atoms with E-state index < -0.39 is 5.97 Å². The topological polar surface area (TPSA) is 66.8 Å². The minimum Gasteiger partial charge on any atom is -0.481 e. The maximum absolute atomic E-state index is 10.6. The van der Waals surface area contributed by atoms with E-state index >= 15 is 0 Å². The largest absolute Gasteiger partial charge is 0.481 e. The Morgan fingerprint density at radius 1 is 1.11 bits per heavy atom. The van der Waals surface area contributed by atoms with Gasteiger partial charge in [0.2, 0.25) is 0 Å². The Labute approximate surface area is 174 Å². The SMILES string of the molecule is O=C(O)CCCCSC[C@@H]1[C@H](/C=C/C(O)CCC2CCCCC2)[C@@H]2CC[C@H]1O2. The molecule has 0 radical (unpaired) electrons. The van der Waals surface area contributed by atoms with Crippen LogP contribution < -0.4 is 0 Å². The summed E-state index contributed by atoms with van der Waals surface area (Å²) in [6, 6.07) is 0. The maximum atomic E-state index is 10.6. The molecule has 0 aromatic rings. The minimum absolute atomic E-state index is 0.280. The number of carbonyl (C=O) groups is 1. The van der Waals surface area contributed by atoms with Crippen LogP contribution in [0, 0.1) is 17.8 Å². The van der Waals surface area contributed by atoms with Crippen molar-refractivity contribution < 1.29 is 19.7 Å². The summed E-state index contributed by atoms with van der Waals surface area (Å²) in [7, 11) is 0. The fraction of sp³-hybridized carbons (Fsp3) is 0.870. The summed E-state index contributed by atoms with van der Waals surface area (Å²) in [5.74, 6) is 3.23. The summed E-state index contributed by atoms with van der Waals surface area (Å²) in [6.07, 6.45) is 17.9. The number of hydrogen-bond donors (Lipinski definition) is 2. The predicted molar refractivity (Wildman–Crippen MR) is 115 cm³/mol. The zero-order valence-electron chi connectivity index (χ0n) is 17.1. The summed E-state index contributed by atoms with van der Waals surface area (Å²) in [5.41, 5.74) is 0. The smallest absolute Gasteiger partial charge is 0.303 e. The van der Waals surface area contributed by atoms with E-state index in [1.807, 2.05) is 17.8 Å². The molecule has 28 heavy (non-hydrogen) atoms. The molecular weight excluding hydrogens is 372 g/mol. The van der Waals surface area contributed by atoms with Crippen LogP contribution in [-0.2, 0) is 9.53 Å². The average Bonchev–Trinajstić information content (AvgIpc) is 3.30. The number of ether oxygens (including phenoxy) is 1. The summed E-state index contributed by atoms with van der Waals surface area (Å²) < 4.78 is 6.17. The lowest BCUT2D eigenvalue weighted by atomic mass is 9.80. The number of hydrogen-bond acceptors (Lipinski definition) is 4. The fourth-order valence-corrected chi connectivity index (χ4v) is 6.51. The summed E-state index contributed by atoms with van der Waals surface area (Å²) in [6.45, 7) is 0. The van der Waals surface area contributed by atoms with E-state index in [0.29, 0.717) is 24.0 Å². The molecular formula is C23H38O4S. The number of rotatable bonds is 12. The number of fused-ring (bicyclic) bond motifs is 2. The Morgan fingerprint density at radius 3 is 2.68 bits per heavy atom. The van der Waals surface area contributed by atoms with Crippen molar-refractivity contribution in [2.75, 3.05) is 11.5 Å². The Balaban J connectivity index is 1.38. The van der Waals surface area contributed by atoms with Crippen LogP contribution in [0.3, 0.4) is 0 Å². The third-order valence-electron chi connectivity index (χ3n) is 6.88. The number of aliphatic hydroxyl groups excluding tert-OH is 1. The van der Waals surface area contributed by atoms with E-state index in [0.717, 1.165) is 49.5 Å². The first-order valence-corrected chi connectivity index (χ1v) is 12.6. The van der Waals surface area contributed by atoms with Crippen LogP contribution in [0.25, 0.3) is 0 Å². The molecule has 2 aliphatic heterocycles. The van der Waals surface area contributed by atoms with Crippen molar-refractivity contribution >= 4 is 17.7 Å². The van der Waals surface area contributed by atoms with Gasteiger partial charge in [0, 0.05) is 18.3 Å². The molecule has 3 aliphatic rings. The van der Waals surface area contributed by atoms with Crippen LogP contribution in [0.5, 0.6) is 0 Å². The molecule has 5 atom stereocenters. The molecule has 3 rings (SSSR count). The van der Waals surface area contributed by atoms with Crippen molar-refractivity contribution in [2.45, 2.75) is 95.4 Å². The first kappa shape index (κ1) is 22.2. The zero-order valence-corrected chi connectivity index (χ0v) is 18.0. The highest BCUT2D eigenvalue weighted by atomic mass is 32.2. The molecule has 2 N–H and O–H groups in total. The number of carboxylic acid groups (broad SMARTS) is 1. The maximum Gasteiger partial charge on any atom is 0.303 e. The van der Waals surface area contributed by atoms with Gasteiger partial charge in [-0.25, -0.2) is 0 Å². The third-order valence-corrected chi connectivity index (χ3v) is 8.07. The van der Waals surface area contributed by atoms with E-state index in [1.54, 1.807) is 0 Å². The van der Waals surface area contributed by atoms with E-state index in [4.69, 9.17) is 9.84 Å². The van der Waals surface area contributed by atoms with Crippen LogP contribution in [0.4, 0.5) is 0 Å². The van der Waals surface area contributed by atoms with Gasteiger partial charge in [-0.1, -0.05) is 44.3 Å². The second-order valence-electron chi connectivity index (χ2n) is 8.99. The molecule has 2 bridgehead atoms. The van der Waals surface area contributed by atoms with Crippen LogP contribution in [-0.4, -0.2) is 46.0 Å².